The number of rotatable bonds is 0. The van der Waals surface area contributed by atoms with Gasteiger partial charge in [0.1, 0.15) is 0 Å². The molecule has 0 aliphatic carbocycles. The summed E-state index contributed by atoms with van der Waals surface area (Å²) in [7, 11) is 1.75. The summed E-state index contributed by atoms with van der Waals surface area (Å²) in [6.07, 6.45) is 1.15. The van der Waals surface area contributed by atoms with E-state index in [0.29, 0.717) is 0 Å². The summed E-state index contributed by atoms with van der Waals surface area (Å²) in [5, 5.41) is 3.32. The van der Waals surface area contributed by atoms with Gasteiger partial charge in [-0.2, -0.15) is 0 Å². The number of nitrogens with zero attached hydrogens (tertiary/aromatic N) is 3. The van der Waals surface area contributed by atoms with Crippen molar-refractivity contribution in [2.24, 2.45) is 9.98 Å². The molecule has 12 heavy (non-hydrogen) atoms. The molecule has 4 nitrogen and oxygen atoms in total. The molecule has 1 N–H and O–H groups in total. The summed E-state index contributed by atoms with van der Waals surface area (Å²) in [5.41, 5.74) is 0. The fourth-order valence-corrected chi connectivity index (χ4v) is 1.36. The van der Waals surface area contributed by atoms with Crippen molar-refractivity contribution in [2.75, 3.05) is 33.2 Å². The zero-order chi connectivity index (χ0) is 8.81. The molecule has 68 valence electrons. The van der Waals surface area contributed by atoms with Gasteiger partial charge in [-0.1, -0.05) is 0 Å². The fourth-order valence-electron chi connectivity index (χ4n) is 1.36. The van der Waals surface area contributed by atoms with E-state index < -0.39 is 0 Å². The van der Waals surface area contributed by atoms with Gasteiger partial charge in [0.25, 0.3) is 0 Å². The van der Waals surface area contributed by atoms with E-state index in [-0.39, 0.29) is 0 Å². The van der Waals surface area contributed by atoms with E-state index in [1.807, 2.05) is 0 Å². The van der Waals surface area contributed by atoms with Gasteiger partial charge >= 0.3 is 0 Å². The number of hydrogen-bond acceptors (Lipinski definition) is 2. The van der Waals surface area contributed by atoms with Crippen molar-refractivity contribution in [1.29, 1.82) is 0 Å². The van der Waals surface area contributed by atoms with Crippen LogP contribution in [0.1, 0.15) is 6.42 Å². The molecule has 1 aliphatic heterocycles. The first kappa shape index (κ1) is 9.19. The molecule has 0 amide bonds. The summed E-state index contributed by atoms with van der Waals surface area (Å²) < 4.78 is 0. The fraction of sp³-hybridized carbons (Fsp3) is 0.750. The highest BCUT2D eigenvalue weighted by Gasteiger charge is 2.10. The largest absolute Gasteiger partial charge is 0.340 e. The van der Waals surface area contributed by atoms with Crippen LogP contribution >= 0.6 is 0 Å². The van der Waals surface area contributed by atoms with E-state index in [2.05, 4.69) is 26.9 Å². The van der Waals surface area contributed by atoms with Crippen molar-refractivity contribution in [3.05, 3.63) is 0 Å². The van der Waals surface area contributed by atoms with E-state index >= 15 is 0 Å². The maximum atomic E-state index is 4.06. The molecule has 4 heteroatoms. The minimum absolute atomic E-state index is 0.763. The molecular formula is C8H16N4. The SMILES string of the molecule is C=NC(=NC)N1CCCNCC1. The first-order valence-corrected chi connectivity index (χ1v) is 4.27. The van der Waals surface area contributed by atoms with E-state index in [9.17, 15) is 0 Å². The maximum Gasteiger partial charge on any atom is 0.219 e. The zero-order valence-corrected chi connectivity index (χ0v) is 7.58. The predicted molar refractivity (Wildman–Crippen MR) is 52.0 cm³/mol. The Morgan fingerprint density at radius 1 is 1.42 bits per heavy atom. The average Bonchev–Trinajstić information content (AvgIpc) is 2.35. The Morgan fingerprint density at radius 3 is 2.92 bits per heavy atom. The molecule has 1 fully saturated rings. The van der Waals surface area contributed by atoms with Crippen LogP contribution < -0.4 is 5.32 Å². The molecule has 0 aromatic heterocycles. The lowest BCUT2D eigenvalue weighted by Gasteiger charge is -2.19. The summed E-state index contributed by atoms with van der Waals surface area (Å²) in [4.78, 5) is 10.1. The van der Waals surface area contributed by atoms with Gasteiger partial charge in [0.2, 0.25) is 5.96 Å². The number of nitrogens with one attached hydrogen (secondary N) is 1. The molecule has 0 unspecified atom stereocenters. The van der Waals surface area contributed by atoms with Crippen LogP contribution in [0.25, 0.3) is 0 Å². The third kappa shape index (κ3) is 2.30. The smallest absolute Gasteiger partial charge is 0.219 e. The van der Waals surface area contributed by atoms with Crippen LogP contribution in [-0.2, 0) is 0 Å². The molecule has 0 atom stereocenters. The molecule has 0 aromatic carbocycles. The van der Waals surface area contributed by atoms with Gasteiger partial charge in [-0.05, 0) is 19.7 Å². The first-order valence-electron chi connectivity index (χ1n) is 4.27. The standard InChI is InChI=1S/C8H16N4/c1-9-8(10-2)12-6-3-4-11-5-7-12/h11H,1,3-7H2,2H3. The van der Waals surface area contributed by atoms with Crippen LogP contribution in [0, 0.1) is 0 Å². The summed E-state index contributed by atoms with van der Waals surface area (Å²) in [6, 6.07) is 0. The van der Waals surface area contributed by atoms with Crippen LogP contribution in [0.5, 0.6) is 0 Å². The Morgan fingerprint density at radius 2 is 2.25 bits per heavy atom. The summed E-state index contributed by atoms with van der Waals surface area (Å²) in [5.74, 6) is 0.763. The Kier molecular flexibility index (Phi) is 3.73. The van der Waals surface area contributed by atoms with Crippen LogP contribution in [0.15, 0.2) is 9.98 Å². The summed E-state index contributed by atoms with van der Waals surface area (Å²) >= 11 is 0. The van der Waals surface area contributed by atoms with E-state index in [1.54, 1.807) is 7.05 Å². The Labute approximate surface area is 73.4 Å². The molecule has 1 rings (SSSR count). The Balaban J connectivity index is 2.52. The van der Waals surface area contributed by atoms with Crippen molar-refractivity contribution in [3.8, 4) is 0 Å². The van der Waals surface area contributed by atoms with Crippen molar-refractivity contribution >= 4 is 12.7 Å². The van der Waals surface area contributed by atoms with Crippen LogP contribution in [0.4, 0.5) is 0 Å². The second kappa shape index (κ2) is 4.87. The van der Waals surface area contributed by atoms with Gasteiger partial charge in [0.05, 0.1) is 0 Å². The highest BCUT2D eigenvalue weighted by molar-refractivity contribution is 5.84. The Bertz CT molecular complexity index is 168. The van der Waals surface area contributed by atoms with E-state index in [4.69, 9.17) is 0 Å². The minimum atomic E-state index is 0.763. The van der Waals surface area contributed by atoms with E-state index in [1.165, 1.54) is 0 Å². The zero-order valence-electron chi connectivity index (χ0n) is 7.58. The molecule has 0 aromatic rings. The minimum Gasteiger partial charge on any atom is -0.340 e. The molecule has 1 heterocycles. The van der Waals surface area contributed by atoms with Gasteiger partial charge in [-0.25, -0.2) is 4.99 Å². The van der Waals surface area contributed by atoms with Crippen LogP contribution in [-0.4, -0.2) is 50.8 Å². The first-order chi connectivity index (χ1) is 5.88. The molecule has 0 radical (unpaired) electrons. The summed E-state index contributed by atoms with van der Waals surface area (Å²) in [6.45, 7) is 7.60. The van der Waals surface area contributed by atoms with Gasteiger partial charge in [0, 0.05) is 26.7 Å². The lowest BCUT2D eigenvalue weighted by atomic mass is 10.4. The van der Waals surface area contributed by atoms with Gasteiger partial charge in [0.15, 0.2) is 0 Å². The maximum absolute atomic E-state index is 4.06. The molecule has 1 aliphatic rings. The van der Waals surface area contributed by atoms with Gasteiger partial charge < -0.3 is 10.2 Å². The Hall–Kier alpha value is -0.900. The second-order valence-corrected chi connectivity index (χ2v) is 2.77. The van der Waals surface area contributed by atoms with Crippen molar-refractivity contribution in [1.82, 2.24) is 10.2 Å². The third-order valence-electron chi connectivity index (χ3n) is 1.96. The molecule has 1 saturated heterocycles. The molecular weight excluding hydrogens is 152 g/mol. The molecule has 0 saturated carbocycles. The van der Waals surface area contributed by atoms with Gasteiger partial charge in [-0.3, -0.25) is 4.99 Å². The van der Waals surface area contributed by atoms with Crippen molar-refractivity contribution < 1.29 is 0 Å². The highest BCUT2D eigenvalue weighted by Crippen LogP contribution is 1.97. The van der Waals surface area contributed by atoms with Crippen LogP contribution in [0.3, 0.4) is 0 Å². The molecule has 0 spiro atoms. The average molecular weight is 168 g/mol. The highest BCUT2D eigenvalue weighted by atomic mass is 15.3. The topological polar surface area (TPSA) is 40.0 Å². The van der Waals surface area contributed by atoms with Crippen molar-refractivity contribution in [3.63, 3.8) is 0 Å². The lowest BCUT2D eigenvalue weighted by Crippen LogP contribution is -2.32. The predicted octanol–water partition coefficient (Wildman–Crippen LogP) is -0.0319. The number of aliphatic imine (C=N–C) groups is 2. The number of guanidine groups is 1. The third-order valence-corrected chi connectivity index (χ3v) is 1.96. The van der Waals surface area contributed by atoms with Gasteiger partial charge in [-0.15, -0.1) is 0 Å². The van der Waals surface area contributed by atoms with Crippen molar-refractivity contribution in [2.45, 2.75) is 6.42 Å². The monoisotopic (exact) mass is 168 g/mol. The lowest BCUT2D eigenvalue weighted by molar-refractivity contribution is 0.441. The molecule has 0 bridgehead atoms. The normalized spacial score (nSPS) is 20.4. The number of hydrogen-bond donors (Lipinski definition) is 1. The van der Waals surface area contributed by atoms with Crippen LogP contribution in [0.2, 0.25) is 0 Å². The second-order valence-electron chi connectivity index (χ2n) is 2.77. The quantitative estimate of drug-likeness (QED) is 0.407. The van der Waals surface area contributed by atoms with E-state index in [0.717, 1.165) is 38.6 Å².